The van der Waals surface area contributed by atoms with Gasteiger partial charge in [-0.3, -0.25) is 14.6 Å². The Bertz CT molecular complexity index is 887. The van der Waals surface area contributed by atoms with E-state index in [0.717, 1.165) is 27.8 Å². The molecular weight excluding hydrogens is 368 g/mol. The number of hydrogen-bond donors (Lipinski definition) is 4. The smallest absolute Gasteiger partial charge is 0.246 e. The second-order valence-electron chi connectivity index (χ2n) is 7.18. The first-order valence-electron chi connectivity index (χ1n) is 9.41. The minimum atomic E-state index is -0.806. The standard InChI is InChI=1S/C22H28N4O3/c1-13-8-18(27)9-14(2)19(13)10-20(23)22(29)26-16(4)21(28)25-11-15(3)17-6-5-7-24-12-17/h5-9,11-12,16,20,27H,10,23H2,1-4H3,(H,25,28)(H,26,29)/b15-11+/t16-,20+/m1/s1. The lowest BCUT2D eigenvalue weighted by Crippen LogP contribution is -2.50. The van der Waals surface area contributed by atoms with Crippen LogP contribution < -0.4 is 16.4 Å². The SMILES string of the molecule is C/C(=C\NC(=O)[C@@H](C)NC(=O)[C@@H](N)Cc1c(C)cc(O)cc1C)c1cccnc1. The predicted octanol–water partition coefficient (Wildman–Crippen LogP) is 1.96. The quantitative estimate of drug-likeness (QED) is 0.571. The number of rotatable bonds is 7. The van der Waals surface area contributed by atoms with Crippen LogP contribution in [0.3, 0.4) is 0 Å². The van der Waals surface area contributed by atoms with Crippen LogP contribution in [0.4, 0.5) is 0 Å². The molecule has 0 saturated heterocycles. The van der Waals surface area contributed by atoms with Crippen molar-refractivity contribution in [1.82, 2.24) is 15.6 Å². The van der Waals surface area contributed by atoms with Crippen molar-refractivity contribution in [3.8, 4) is 5.75 Å². The molecule has 1 aromatic heterocycles. The van der Waals surface area contributed by atoms with Crippen molar-refractivity contribution < 1.29 is 14.7 Å². The summed E-state index contributed by atoms with van der Waals surface area (Å²) >= 11 is 0. The predicted molar refractivity (Wildman–Crippen MR) is 113 cm³/mol. The van der Waals surface area contributed by atoms with Gasteiger partial charge in [-0.2, -0.15) is 0 Å². The summed E-state index contributed by atoms with van der Waals surface area (Å²) in [5, 5.41) is 15.0. The van der Waals surface area contributed by atoms with Gasteiger partial charge in [-0.1, -0.05) is 6.07 Å². The van der Waals surface area contributed by atoms with E-state index in [4.69, 9.17) is 5.73 Å². The Kier molecular flexibility index (Phi) is 7.50. The molecule has 2 atom stereocenters. The molecule has 0 spiro atoms. The number of aromatic hydroxyl groups is 1. The Morgan fingerprint density at radius 2 is 1.90 bits per heavy atom. The summed E-state index contributed by atoms with van der Waals surface area (Å²) in [4.78, 5) is 28.7. The van der Waals surface area contributed by atoms with Gasteiger partial charge >= 0.3 is 0 Å². The zero-order valence-electron chi connectivity index (χ0n) is 17.2. The fourth-order valence-corrected chi connectivity index (χ4v) is 2.97. The van der Waals surface area contributed by atoms with E-state index in [2.05, 4.69) is 15.6 Å². The van der Waals surface area contributed by atoms with E-state index >= 15 is 0 Å². The molecule has 1 heterocycles. The highest BCUT2D eigenvalue weighted by Gasteiger charge is 2.21. The number of hydrogen-bond acceptors (Lipinski definition) is 5. The highest BCUT2D eigenvalue weighted by atomic mass is 16.3. The highest BCUT2D eigenvalue weighted by molar-refractivity contribution is 5.90. The zero-order chi connectivity index (χ0) is 21.6. The Balaban J connectivity index is 1.93. The van der Waals surface area contributed by atoms with Gasteiger partial charge in [-0.05, 0) is 80.1 Å². The summed E-state index contributed by atoms with van der Waals surface area (Å²) in [6.07, 6.45) is 5.29. The van der Waals surface area contributed by atoms with Crippen molar-refractivity contribution in [2.24, 2.45) is 5.73 Å². The Hall–Kier alpha value is -3.19. The molecular formula is C22H28N4O3. The van der Waals surface area contributed by atoms with Crippen LogP contribution in [0, 0.1) is 13.8 Å². The number of benzene rings is 1. The van der Waals surface area contributed by atoms with Crippen LogP contribution in [0.1, 0.15) is 36.1 Å². The number of nitrogens with one attached hydrogen (secondary N) is 2. The fourth-order valence-electron chi connectivity index (χ4n) is 2.97. The zero-order valence-corrected chi connectivity index (χ0v) is 17.2. The van der Waals surface area contributed by atoms with Crippen LogP contribution in [-0.2, 0) is 16.0 Å². The molecule has 2 aromatic rings. The van der Waals surface area contributed by atoms with E-state index < -0.39 is 18.0 Å². The normalized spacial score (nSPS) is 13.5. The third-order valence-electron chi connectivity index (χ3n) is 4.74. The lowest BCUT2D eigenvalue weighted by molar-refractivity contribution is -0.128. The van der Waals surface area contributed by atoms with E-state index in [-0.39, 0.29) is 11.7 Å². The van der Waals surface area contributed by atoms with E-state index in [1.807, 2.05) is 32.9 Å². The average Bonchev–Trinajstić information content (AvgIpc) is 2.68. The number of carbonyl (C=O) groups excluding carboxylic acids is 2. The molecule has 2 rings (SSSR count). The van der Waals surface area contributed by atoms with Crippen molar-refractivity contribution in [2.75, 3.05) is 0 Å². The van der Waals surface area contributed by atoms with Crippen molar-refractivity contribution in [3.63, 3.8) is 0 Å². The maximum Gasteiger partial charge on any atom is 0.246 e. The topological polar surface area (TPSA) is 117 Å². The third-order valence-corrected chi connectivity index (χ3v) is 4.74. The van der Waals surface area contributed by atoms with Gasteiger partial charge in [0.15, 0.2) is 0 Å². The number of pyridine rings is 1. The largest absolute Gasteiger partial charge is 0.508 e. The lowest BCUT2D eigenvalue weighted by Gasteiger charge is -2.18. The van der Waals surface area contributed by atoms with Crippen LogP contribution in [0.25, 0.3) is 5.57 Å². The molecule has 29 heavy (non-hydrogen) atoms. The number of amides is 2. The average molecular weight is 396 g/mol. The van der Waals surface area contributed by atoms with Gasteiger partial charge in [0.25, 0.3) is 0 Å². The molecule has 154 valence electrons. The minimum absolute atomic E-state index is 0.182. The van der Waals surface area contributed by atoms with Crippen molar-refractivity contribution in [2.45, 2.75) is 46.2 Å². The van der Waals surface area contributed by atoms with Crippen LogP contribution >= 0.6 is 0 Å². The first-order valence-corrected chi connectivity index (χ1v) is 9.41. The monoisotopic (exact) mass is 396 g/mol. The molecule has 7 nitrogen and oxygen atoms in total. The molecule has 0 aliphatic rings. The molecule has 0 aliphatic carbocycles. The van der Waals surface area contributed by atoms with Crippen molar-refractivity contribution >= 4 is 17.4 Å². The van der Waals surface area contributed by atoms with Crippen LogP contribution in [-0.4, -0.2) is 34.0 Å². The number of phenolic OH excluding ortho intramolecular Hbond substituents is 1. The number of nitrogens with two attached hydrogens (primary N) is 1. The Labute approximate surface area is 171 Å². The van der Waals surface area contributed by atoms with Crippen LogP contribution in [0.5, 0.6) is 5.75 Å². The summed E-state index contributed by atoms with van der Waals surface area (Å²) < 4.78 is 0. The molecule has 0 fully saturated rings. The number of aromatic nitrogens is 1. The van der Waals surface area contributed by atoms with Gasteiger partial charge in [0.2, 0.25) is 11.8 Å². The van der Waals surface area contributed by atoms with Gasteiger partial charge in [0.05, 0.1) is 6.04 Å². The molecule has 0 saturated carbocycles. The maximum atomic E-state index is 12.4. The van der Waals surface area contributed by atoms with Crippen LogP contribution in [0.15, 0.2) is 42.9 Å². The van der Waals surface area contributed by atoms with E-state index in [1.54, 1.807) is 37.7 Å². The van der Waals surface area contributed by atoms with Crippen molar-refractivity contribution in [3.05, 3.63) is 65.1 Å². The van der Waals surface area contributed by atoms with E-state index in [9.17, 15) is 14.7 Å². The molecule has 1 aromatic carbocycles. The summed E-state index contributed by atoms with van der Waals surface area (Å²) in [5.74, 6) is -0.569. The molecule has 0 aliphatic heterocycles. The molecule has 0 unspecified atom stereocenters. The number of phenols is 1. The minimum Gasteiger partial charge on any atom is -0.508 e. The van der Waals surface area contributed by atoms with Gasteiger partial charge in [-0.25, -0.2) is 0 Å². The summed E-state index contributed by atoms with van der Waals surface area (Å²) in [5.41, 5.74) is 10.4. The number of nitrogens with zero attached hydrogens (tertiary/aromatic N) is 1. The van der Waals surface area contributed by atoms with Crippen molar-refractivity contribution in [1.29, 1.82) is 0 Å². The Morgan fingerprint density at radius 3 is 2.48 bits per heavy atom. The Morgan fingerprint density at radius 1 is 1.24 bits per heavy atom. The summed E-state index contributed by atoms with van der Waals surface area (Å²) in [7, 11) is 0. The van der Waals surface area contributed by atoms with Gasteiger partial charge in [0, 0.05) is 18.6 Å². The third kappa shape index (κ3) is 6.15. The summed E-state index contributed by atoms with van der Waals surface area (Å²) in [6, 6.07) is 5.44. The summed E-state index contributed by atoms with van der Waals surface area (Å²) in [6.45, 7) is 7.18. The first kappa shape index (κ1) is 22.1. The molecule has 0 bridgehead atoms. The number of carbonyl (C=O) groups is 2. The second-order valence-corrected chi connectivity index (χ2v) is 7.18. The van der Waals surface area contributed by atoms with Crippen LogP contribution in [0.2, 0.25) is 0 Å². The fraction of sp³-hybridized carbons (Fsp3) is 0.318. The molecule has 2 amide bonds. The maximum absolute atomic E-state index is 12.4. The van der Waals surface area contributed by atoms with E-state index in [1.165, 1.54) is 0 Å². The van der Waals surface area contributed by atoms with Gasteiger partial charge in [0.1, 0.15) is 11.8 Å². The lowest BCUT2D eigenvalue weighted by atomic mass is 9.96. The molecule has 5 N–H and O–H groups in total. The number of allylic oxidation sites excluding steroid dienone is 1. The van der Waals surface area contributed by atoms with Gasteiger partial charge < -0.3 is 21.5 Å². The first-order chi connectivity index (χ1) is 13.7. The van der Waals surface area contributed by atoms with Gasteiger partial charge in [-0.15, -0.1) is 0 Å². The second kappa shape index (κ2) is 9.84. The van der Waals surface area contributed by atoms with E-state index in [0.29, 0.717) is 6.42 Å². The number of aryl methyl sites for hydroxylation is 2. The molecule has 7 heteroatoms. The highest BCUT2D eigenvalue weighted by Crippen LogP contribution is 2.21. The molecule has 0 radical (unpaired) electrons.